The minimum Gasteiger partial charge on any atom is -0.444 e. The highest BCUT2D eigenvalue weighted by Crippen LogP contribution is 2.42. The van der Waals surface area contributed by atoms with E-state index in [1.165, 1.54) is 84.1 Å². The van der Waals surface area contributed by atoms with Gasteiger partial charge in [-0.2, -0.15) is 0 Å². The third kappa shape index (κ3) is 25.0. The molecule has 1 amide bonds. The number of amides is 1. The van der Waals surface area contributed by atoms with Gasteiger partial charge in [-0.1, -0.05) is 90.4 Å². The number of ether oxygens (including phenoxy) is 2. The first-order valence-corrected chi connectivity index (χ1v) is 16.1. The predicted octanol–water partition coefficient (Wildman–Crippen LogP) is 6.51. The number of carbonyl (C=O) groups is 1. The summed E-state index contributed by atoms with van der Waals surface area (Å²) in [5, 5.41) is 2.42. The van der Waals surface area contributed by atoms with Crippen LogP contribution in [-0.2, 0) is 18.6 Å². The Bertz CT molecular complexity index is 571. The maximum absolute atomic E-state index is 12.3. The van der Waals surface area contributed by atoms with Crippen LogP contribution in [0.1, 0.15) is 103 Å². The fraction of sp³-hybridized carbons (Fsp3) is 0.963. The number of alkyl carbamates (subject to hydrolysis) is 1. The van der Waals surface area contributed by atoms with Gasteiger partial charge in [0.25, 0.3) is 0 Å². The second-order valence-corrected chi connectivity index (χ2v) is 12.9. The minimum absolute atomic E-state index is 0.0754. The van der Waals surface area contributed by atoms with Crippen molar-refractivity contribution < 1.29 is 32.7 Å². The molecule has 0 spiro atoms. The monoisotopic (exact) mass is 537 g/mol. The van der Waals surface area contributed by atoms with Crippen molar-refractivity contribution in [2.24, 2.45) is 0 Å². The van der Waals surface area contributed by atoms with E-state index in [-0.39, 0.29) is 25.8 Å². The van der Waals surface area contributed by atoms with Gasteiger partial charge in [0.1, 0.15) is 19.3 Å². The summed E-state index contributed by atoms with van der Waals surface area (Å²) < 4.78 is 29.2. The normalized spacial score (nSPS) is 14.4. The lowest BCUT2D eigenvalue weighted by atomic mass is 10.0. The second kappa shape index (κ2) is 22.3. The highest BCUT2D eigenvalue weighted by Gasteiger charge is 2.24. The van der Waals surface area contributed by atoms with Gasteiger partial charge in [0.05, 0.1) is 33.9 Å². The quantitative estimate of drug-likeness (QED) is 0.0784. The average Bonchev–Trinajstić information content (AvgIpc) is 2.81. The van der Waals surface area contributed by atoms with Crippen LogP contribution in [-0.4, -0.2) is 82.3 Å². The first-order valence-electron chi connectivity index (χ1n) is 14.3. The Morgan fingerprint density at radius 2 is 1.36 bits per heavy atom. The molecule has 2 atom stereocenters. The summed E-state index contributed by atoms with van der Waals surface area (Å²) in [7, 11) is 3.73. The van der Waals surface area contributed by atoms with Crippen LogP contribution in [0.5, 0.6) is 0 Å². The minimum atomic E-state index is -3.74. The molecular weight excluding hydrogens is 479 g/mol. The van der Waals surface area contributed by atoms with Crippen molar-refractivity contribution in [1.82, 2.24) is 5.32 Å². The Kier molecular flexibility index (Phi) is 21.9. The van der Waals surface area contributed by atoms with E-state index in [1.54, 1.807) is 0 Å². The third-order valence-electron chi connectivity index (χ3n) is 6.21. The molecular formula is C27H58N2O6P+. The van der Waals surface area contributed by atoms with E-state index >= 15 is 0 Å². The molecule has 0 aromatic carbocycles. The zero-order valence-corrected chi connectivity index (χ0v) is 25.0. The number of carbonyl (C=O) groups excluding carboxylic acids is 1. The molecule has 216 valence electrons. The number of unbranched alkanes of at least 4 members (excludes halogenated alkanes) is 13. The Morgan fingerprint density at radius 1 is 0.861 bits per heavy atom. The van der Waals surface area contributed by atoms with Gasteiger partial charge in [0.2, 0.25) is 0 Å². The highest BCUT2D eigenvalue weighted by atomic mass is 31.2. The second-order valence-electron chi connectivity index (χ2n) is 10.9. The summed E-state index contributed by atoms with van der Waals surface area (Å²) in [4.78, 5) is 21.7. The van der Waals surface area contributed by atoms with Gasteiger partial charge in [0.15, 0.2) is 0 Å². The first kappa shape index (κ1) is 35.3. The van der Waals surface area contributed by atoms with Gasteiger partial charge in [-0.15, -0.1) is 0 Å². The van der Waals surface area contributed by atoms with Crippen LogP contribution >= 0.6 is 7.60 Å². The van der Waals surface area contributed by atoms with Gasteiger partial charge in [0, 0.05) is 13.7 Å². The molecule has 0 aliphatic heterocycles. The van der Waals surface area contributed by atoms with Crippen LogP contribution in [0.15, 0.2) is 0 Å². The maximum atomic E-state index is 12.3. The van der Waals surface area contributed by atoms with Gasteiger partial charge in [-0.25, -0.2) is 4.79 Å². The average molecular weight is 538 g/mol. The standard InChI is InChI=1S/C27H57N2O6P/c1-6-7-8-9-10-11-12-13-14-15-16-17-18-19-22-33-25-26(35-27(30)28-2)20-24-36(31,32)34-23-21-29(3,4)5/h26H,6-25H2,1-5H3,(H-,28,30,31,32)/p+1/t26-/m0/s1. The van der Waals surface area contributed by atoms with E-state index in [1.807, 2.05) is 21.1 Å². The number of hydrogen-bond donors (Lipinski definition) is 2. The van der Waals surface area contributed by atoms with Gasteiger partial charge >= 0.3 is 13.7 Å². The van der Waals surface area contributed by atoms with Crippen molar-refractivity contribution in [3.05, 3.63) is 0 Å². The fourth-order valence-electron chi connectivity index (χ4n) is 3.83. The van der Waals surface area contributed by atoms with E-state index in [2.05, 4.69) is 12.2 Å². The summed E-state index contributed by atoms with van der Waals surface area (Å²) in [6.45, 7) is 3.91. The molecule has 0 bridgehead atoms. The summed E-state index contributed by atoms with van der Waals surface area (Å²) in [5.41, 5.74) is 0. The van der Waals surface area contributed by atoms with Crippen LogP contribution in [0, 0.1) is 0 Å². The molecule has 9 heteroatoms. The lowest BCUT2D eigenvalue weighted by molar-refractivity contribution is -0.870. The molecule has 36 heavy (non-hydrogen) atoms. The first-order chi connectivity index (χ1) is 17.1. The Balaban J connectivity index is 3.88. The molecule has 0 aromatic heterocycles. The van der Waals surface area contributed by atoms with Gasteiger partial charge in [-0.05, 0) is 12.8 Å². The molecule has 0 rings (SSSR count). The van der Waals surface area contributed by atoms with Crippen molar-refractivity contribution in [2.45, 2.75) is 109 Å². The predicted molar refractivity (Wildman–Crippen MR) is 149 cm³/mol. The summed E-state index contributed by atoms with van der Waals surface area (Å²) >= 11 is 0. The Hall–Kier alpha value is -0.660. The Morgan fingerprint density at radius 3 is 1.83 bits per heavy atom. The van der Waals surface area contributed by atoms with E-state index < -0.39 is 19.8 Å². The van der Waals surface area contributed by atoms with Crippen molar-refractivity contribution in [3.8, 4) is 0 Å². The molecule has 2 N–H and O–H groups in total. The molecule has 0 aliphatic rings. The molecule has 8 nitrogen and oxygen atoms in total. The molecule has 0 aliphatic carbocycles. The molecule has 0 heterocycles. The number of hydrogen-bond acceptors (Lipinski definition) is 5. The third-order valence-corrected chi connectivity index (χ3v) is 7.62. The van der Waals surface area contributed by atoms with Crippen molar-refractivity contribution in [1.29, 1.82) is 0 Å². The molecule has 0 saturated heterocycles. The largest absolute Gasteiger partial charge is 0.444 e. The maximum Gasteiger partial charge on any atom is 0.407 e. The highest BCUT2D eigenvalue weighted by molar-refractivity contribution is 7.52. The number of quaternary nitrogens is 1. The topological polar surface area (TPSA) is 94.1 Å². The zero-order valence-electron chi connectivity index (χ0n) is 24.1. The van der Waals surface area contributed by atoms with Crippen molar-refractivity contribution >= 4 is 13.7 Å². The number of likely N-dealkylation sites (N-methyl/N-ethyl adjacent to an activating group) is 1. The number of rotatable bonds is 25. The SMILES string of the molecule is CCCCCCCCCCCCCCCCOC[C@H](CCP(=O)(O)OCC[N+](C)(C)C)OC(=O)NC. The molecule has 1 unspecified atom stereocenters. The van der Waals surface area contributed by atoms with Gasteiger partial charge < -0.3 is 28.7 Å². The van der Waals surface area contributed by atoms with E-state index in [9.17, 15) is 14.3 Å². The number of nitrogens with zero attached hydrogens (tertiary/aromatic N) is 1. The smallest absolute Gasteiger partial charge is 0.407 e. The molecule has 0 saturated carbocycles. The molecule has 0 aromatic rings. The van der Waals surface area contributed by atoms with Crippen LogP contribution in [0.3, 0.4) is 0 Å². The van der Waals surface area contributed by atoms with Gasteiger partial charge in [-0.3, -0.25) is 4.57 Å². The Labute approximate surface area is 222 Å². The summed E-state index contributed by atoms with van der Waals surface area (Å²) in [5.74, 6) is 0. The van der Waals surface area contributed by atoms with E-state index in [0.717, 1.165) is 12.8 Å². The summed E-state index contributed by atoms with van der Waals surface area (Å²) in [6, 6.07) is 0. The number of nitrogens with one attached hydrogen (secondary N) is 1. The molecule has 0 fully saturated rings. The lowest BCUT2D eigenvalue weighted by Crippen LogP contribution is -2.37. The lowest BCUT2D eigenvalue weighted by Gasteiger charge is -2.24. The van der Waals surface area contributed by atoms with Crippen molar-refractivity contribution in [2.75, 3.05) is 60.7 Å². The van der Waals surface area contributed by atoms with E-state index in [4.69, 9.17) is 14.0 Å². The molecule has 0 radical (unpaired) electrons. The van der Waals surface area contributed by atoms with Crippen LogP contribution in [0.25, 0.3) is 0 Å². The van der Waals surface area contributed by atoms with Crippen LogP contribution < -0.4 is 5.32 Å². The van der Waals surface area contributed by atoms with Crippen molar-refractivity contribution in [3.63, 3.8) is 0 Å². The van der Waals surface area contributed by atoms with Crippen LogP contribution in [0.4, 0.5) is 4.79 Å². The van der Waals surface area contributed by atoms with Crippen LogP contribution in [0.2, 0.25) is 0 Å². The zero-order chi connectivity index (χ0) is 27.1. The van der Waals surface area contributed by atoms with E-state index in [0.29, 0.717) is 17.6 Å². The fourth-order valence-corrected chi connectivity index (χ4v) is 4.94. The summed E-state index contributed by atoms with van der Waals surface area (Å²) in [6.07, 6.45) is 17.3.